The second kappa shape index (κ2) is 5.64. The van der Waals surface area contributed by atoms with E-state index in [-0.39, 0.29) is 23.5 Å². The van der Waals surface area contributed by atoms with E-state index in [4.69, 9.17) is 19.7 Å². The van der Waals surface area contributed by atoms with Crippen molar-refractivity contribution >= 4 is 0 Å². The standard InChI is InChI=1S/C14H22O4/c1-11(5-6-15)17-9-13(2,3)10-18-12-7-14(12,4)8-16/h7,11,15-16H,8-10H2,1-4H3. The van der Waals surface area contributed by atoms with E-state index in [2.05, 4.69) is 5.92 Å². The number of hydrogen-bond donors (Lipinski definition) is 2. The molecule has 0 aromatic heterocycles. The quantitative estimate of drug-likeness (QED) is 0.678. The Bertz CT molecular complexity index is 375. The first kappa shape index (κ1) is 14.9. The molecule has 0 amide bonds. The number of rotatable bonds is 7. The summed E-state index contributed by atoms with van der Waals surface area (Å²) >= 11 is 0. The maximum Gasteiger partial charge on any atom is 0.118 e. The van der Waals surface area contributed by atoms with Crippen molar-refractivity contribution in [2.24, 2.45) is 10.8 Å². The van der Waals surface area contributed by atoms with Crippen molar-refractivity contribution in [3.05, 3.63) is 11.8 Å². The minimum Gasteiger partial charge on any atom is -0.497 e. The zero-order valence-corrected chi connectivity index (χ0v) is 11.5. The van der Waals surface area contributed by atoms with Crippen molar-refractivity contribution < 1.29 is 19.7 Å². The van der Waals surface area contributed by atoms with E-state index < -0.39 is 0 Å². The molecule has 0 fully saturated rings. The van der Waals surface area contributed by atoms with Crippen LogP contribution in [0, 0.1) is 22.9 Å². The molecule has 1 aliphatic carbocycles. The average Bonchev–Trinajstić information content (AvgIpc) is 2.97. The van der Waals surface area contributed by atoms with Gasteiger partial charge in [0.15, 0.2) is 0 Å². The highest BCUT2D eigenvalue weighted by molar-refractivity contribution is 5.32. The van der Waals surface area contributed by atoms with E-state index in [0.717, 1.165) is 5.76 Å². The summed E-state index contributed by atoms with van der Waals surface area (Å²) in [6.45, 7) is 8.88. The van der Waals surface area contributed by atoms with Crippen LogP contribution in [0.25, 0.3) is 0 Å². The lowest BCUT2D eigenvalue weighted by atomic mass is 9.96. The van der Waals surface area contributed by atoms with E-state index >= 15 is 0 Å². The molecule has 0 radical (unpaired) electrons. The predicted molar refractivity (Wildman–Crippen MR) is 68.1 cm³/mol. The number of aliphatic hydroxyl groups excluding tert-OH is 2. The third-order valence-corrected chi connectivity index (χ3v) is 2.87. The Labute approximate surface area is 109 Å². The molecule has 0 heterocycles. The summed E-state index contributed by atoms with van der Waals surface area (Å²) in [5.41, 5.74) is -0.405. The summed E-state index contributed by atoms with van der Waals surface area (Å²) in [4.78, 5) is 0. The van der Waals surface area contributed by atoms with Crippen LogP contribution in [-0.4, -0.2) is 36.1 Å². The predicted octanol–water partition coefficient (Wildman–Crippen LogP) is 1.66. The molecule has 1 rings (SSSR count). The van der Waals surface area contributed by atoms with E-state index in [9.17, 15) is 0 Å². The second-order valence-corrected chi connectivity index (χ2v) is 5.75. The van der Waals surface area contributed by atoms with Crippen LogP contribution >= 0.6 is 0 Å². The molecule has 0 saturated heterocycles. The molecule has 2 unspecified atom stereocenters. The molecule has 0 saturated carbocycles. The van der Waals surface area contributed by atoms with Gasteiger partial charge >= 0.3 is 0 Å². The molecule has 18 heavy (non-hydrogen) atoms. The van der Waals surface area contributed by atoms with Gasteiger partial charge in [0.1, 0.15) is 18.0 Å². The van der Waals surface area contributed by atoms with Gasteiger partial charge in [-0.3, -0.25) is 0 Å². The molecular weight excluding hydrogens is 232 g/mol. The van der Waals surface area contributed by atoms with Crippen molar-refractivity contribution in [2.75, 3.05) is 19.8 Å². The minimum atomic E-state index is -0.294. The first-order chi connectivity index (χ1) is 8.33. The summed E-state index contributed by atoms with van der Waals surface area (Å²) in [5, 5.41) is 17.5. The maximum atomic E-state index is 9.10. The lowest BCUT2D eigenvalue weighted by molar-refractivity contribution is -0.000585. The van der Waals surface area contributed by atoms with Crippen LogP contribution in [0.3, 0.4) is 0 Å². The summed E-state index contributed by atoms with van der Waals surface area (Å²) in [7, 11) is 0. The van der Waals surface area contributed by atoms with Crippen LogP contribution in [0.1, 0.15) is 27.7 Å². The Kier molecular flexibility index (Phi) is 4.66. The molecular formula is C14H22O4. The van der Waals surface area contributed by atoms with Crippen molar-refractivity contribution in [1.82, 2.24) is 0 Å². The van der Waals surface area contributed by atoms with Gasteiger partial charge in [-0.25, -0.2) is 0 Å². The summed E-state index contributed by atoms with van der Waals surface area (Å²) in [6.07, 6.45) is 3.47. The van der Waals surface area contributed by atoms with E-state index in [0.29, 0.717) is 13.2 Å². The molecule has 0 aromatic carbocycles. The maximum absolute atomic E-state index is 9.10. The highest BCUT2D eigenvalue weighted by atomic mass is 16.5. The van der Waals surface area contributed by atoms with Gasteiger partial charge in [-0.15, -0.1) is 0 Å². The molecule has 0 aliphatic heterocycles. The summed E-state index contributed by atoms with van der Waals surface area (Å²) < 4.78 is 11.1. The largest absolute Gasteiger partial charge is 0.497 e. The molecule has 0 spiro atoms. The van der Waals surface area contributed by atoms with Gasteiger partial charge in [0.2, 0.25) is 0 Å². The Morgan fingerprint density at radius 1 is 1.44 bits per heavy atom. The van der Waals surface area contributed by atoms with Gasteiger partial charge in [0.05, 0.1) is 25.2 Å². The molecule has 2 atom stereocenters. The third-order valence-electron chi connectivity index (χ3n) is 2.87. The number of ether oxygens (including phenoxy) is 2. The van der Waals surface area contributed by atoms with Crippen LogP contribution in [0.15, 0.2) is 11.8 Å². The lowest BCUT2D eigenvalue weighted by Gasteiger charge is -2.25. The average molecular weight is 254 g/mol. The Balaban J connectivity index is 2.27. The first-order valence-electron chi connectivity index (χ1n) is 6.06. The smallest absolute Gasteiger partial charge is 0.118 e. The van der Waals surface area contributed by atoms with Gasteiger partial charge in [-0.05, 0) is 25.8 Å². The van der Waals surface area contributed by atoms with E-state index in [1.165, 1.54) is 0 Å². The van der Waals surface area contributed by atoms with Crippen LogP contribution in [0.5, 0.6) is 0 Å². The Morgan fingerprint density at radius 2 is 2.11 bits per heavy atom. The van der Waals surface area contributed by atoms with Crippen molar-refractivity contribution in [2.45, 2.75) is 33.8 Å². The fourth-order valence-electron chi connectivity index (χ4n) is 1.38. The number of aliphatic hydroxyl groups is 2. The first-order valence-corrected chi connectivity index (χ1v) is 6.06. The highest BCUT2D eigenvalue weighted by Gasteiger charge is 2.41. The van der Waals surface area contributed by atoms with Crippen LogP contribution in [0.2, 0.25) is 0 Å². The fourth-order valence-corrected chi connectivity index (χ4v) is 1.38. The van der Waals surface area contributed by atoms with Crippen molar-refractivity contribution in [1.29, 1.82) is 0 Å². The van der Waals surface area contributed by atoms with Crippen molar-refractivity contribution in [3.8, 4) is 12.0 Å². The van der Waals surface area contributed by atoms with Gasteiger partial charge in [-0.1, -0.05) is 13.8 Å². The molecule has 0 bridgehead atoms. The summed E-state index contributed by atoms with van der Waals surface area (Å²) in [6, 6.07) is 0. The Hall–Kier alpha value is -1.18. The summed E-state index contributed by atoms with van der Waals surface area (Å²) in [5.74, 6) is 3.36. The molecule has 0 aromatic rings. The van der Waals surface area contributed by atoms with Crippen molar-refractivity contribution in [3.63, 3.8) is 0 Å². The van der Waals surface area contributed by atoms with Gasteiger partial charge in [-0.2, -0.15) is 0 Å². The fraction of sp³-hybridized carbons (Fsp3) is 0.714. The molecule has 4 heteroatoms. The minimum absolute atomic E-state index is 0.0857. The van der Waals surface area contributed by atoms with Gasteiger partial charge in [0.25, 0.3) is 0 Å². The Morgan fingerprint density at radius 3 is 2.61 bits per heavy atom. The monoisotopic (exact) mass is 254 g/mol. The van der Waals surface area contributed by atoms with Crippen LogP contribution < -0.4 is 0 Å². The SMILES string of the molecule is CC(C#CO)OCC(C)(C)COC1=CC1(C)CO. The van der Waals surface area contributed by atoms with E-state index in [1.807, 2.05) is 33.0 Å². The third kappa shape index (κ3) is 4.25. The van der Waals surface area contributed by atoms with Gasteiger partial charge in [0, 0.05) is 5.41 Å². The molecule has 102 valence electrons. The van der Waals surface area contributed by atoms with Gasteiger partial charge < -0.3 is 19.7 Å². The zero-order chi connectivity index (χ0) is 13.8. The van der Waals surface area contributed by atoms with E-state index in [1.54, 1.807) is 6.92 Å². The molecule has 1 aliphatic rings. The zero-order valence-electron chi connectivity index (χ0n) is 11.5. The molecule has 2 N–H and O–H groups in total. The topological polar surface area (TPSA) is 58.9 Å². The lowest BCUT2D eigenvalue weighted by Crippen LogP contribution is -2.27. The van der Waals surface area contributed by atoms with Crippen LogP contribution in [-0.2, 0) is 9.47 Å². The second-order valence-electron chi connectivity index (χ2n) is 5.75. The highest BCUT2D eigenvalue weighted by Crippen LogP contribution is 2.44. The number of hydrogen-bond acceptors (Lipinski definition) is 4. The van der Waals surface area contributed by atoms with Crippen LogP contribution in [0.4, 0.5) is 0 Å². The normalized spacial score (nSPS) is 23.7. The molecule has 4 nitrogen and oxygen atoms in total.